The van der Waals surface area contributed by atoms with Gasteiger partial charge in [0.15, 0.2) is 0 Å². The first-order valence-electron chi connectivity index (χ1n) is 7.33. The van der Waals surface area contributed by atoms with Gasteiger partial charge in [-0.05, 0) is 66.7 Å². The summed E-state index contributed by atoms with van der Waals surface area (Å²) in [4.78, 5) is 2.08. The van der Waals surface area contributed by atoms with Crippen molar-refractivity contribution in [3.8, 4) is 6.07 Å². The van der Waals surface area contributed by atoms with Crippen LogP contribution in [0.15, 0.2) is 47.2 Å². The van der Waals surface area contributed by atoms with Crippen molar-refractivity contribution < 1.29 is 0 Å². The standard InChI is InChI=1S/C18H20N2S/c1-20(2)18(13-19,16-8-9-21-12-16)11-15-10-17(15)14-6-4-3-5-7-14/h3-9,12,15,17H,10-11H2,1-2H3. The predicted octanol–water partition coefficient (Wildman–Crippen LogP) is 4.22. The molecule has 1 aromatic carbocycles. The maximum absolute atomic E-state index is 9.87. The highest BCUT2D eigenvalue weighted by atomic mass is 32.1. The largest absolute Gasteiger partial charge is 0.288 e. The summed E-state index contributed by atoms with van der Waals surface area (Å²) in [5, 5.41) is 14.0. The predicted molar refractivity (Wildman–Crippen MR) is 87.2 cm³/mol. The third kappa shape index (κ3) is 2.62. The van der Waals surface area contributed by atoms with Crippen LogP contribution in [0.1, 0.15) is 29.9 Å². The highest BCUT2D eigenvalue weighted by molar-refractivity contribution is 7.08. The molecule has 0 radical (unpaired) electrons. The van der Waals surface area contributed by atoms with Crippen LogP contribution in [0.3, 0.4) is 0 Å². The normalized spacial score (nSPS) is 23.5. The Balaban J connectivity index is 1.81. The summed E-state index contributed by atoms with van der Waals surface area (Å²) >= 11 is 1.67. The Morgan fingerprint density at radius 2 is 2.05 bits per heavy atom. The third-order valence-corrected chi connectivity index (χ3v) is 5.34. The highest BCUT2D eigenvalue weighted by Gasteiger charge is 2.46. The topological polar surface area (TPSA) is 27.0 Å². The Hall–Kier alpha value is -1.63. The molecule has 0 saturated heterocycles. The fourth-order valence-electron chi connectivity index (χ4n) is 3.23. The van der Waals surface area contributed by atoms with Crippen LogP contribution in [-0.2, 0) is 5.54 Å². The molecule has 0 bridgehead atoms. The number of benzene rings is 1. The van der Waals surface area contributed by atoms with E-state index in [0.717, 1.165) is 12.0 Å². The quantitative estimate of drug-likeness (QED) is 0.826. The maximum Gasteiger partial charge on any atom is 0.135 e. The van der Waals surface area contributed by atoms with E-state index in [1.54, 1.807) is 11.3 Å². The monoisotopic (exact) mass is 296 g/mol. The summed E-state index contributed by atoms with van der Waals surface area (Å²) in [6, 6.07) is 15.4. The van der Waals surface area contributed by atoms with Gasteiger partial charge in [0.2, 0.25) is 0 Å². The molecule has 0 spiro atoms. The first-order valence-corrected chi connectivity index (χ1v) is 8.28. The molecule has 1 aromatic heterocycles. The average molecular weight is 296 g/mol. The van der Waals surface area contributed by atoms with Gasteiger partial charge < -0.3 is 0 Å². The van der Waals surface area contributed by atoms with Crippen molar-refractivity contribution >= 4 is 11.3 Å². The van der Waals surface area contributed by atoms with Crippen LogP contribution in [0.5, 0.6) is 0 Å². The zero-order chi connectivity index (χ0) is 14.9. The number of rotatable bonds is 5. The van der Waals surface area contributed by atoms with E-state index in [2.05, 4.69) is 58.1 Å². The van der Waals surface area contributed by atoms with Crippen molar-refractivity contribution in [3.05, 3.63) is 58.3 Å². The molecule has 0 N–H and O–H groups in total. The number of nitrogens with zero attached hydrogens (tertiary/aromatic N) is 2. The zero-order valence-electron chi connectivity index (χ0n) is 12.5. The third-order valence-electron chi connectivity index (χ3n) is 4.66. The van der Waals surface area contributed by atoms with Gasteiger partial charge in [-0.15, -0.1) is 0 Å². The second kappa shape index (κ2) is 5.63. The lowest BCUT2D eigenvalue weighted by Crippen LogP contribution is -2.40. The van der Waals surface area contributed by atoms with Gasteiger partial charge in [-0.25, -0.2) is 0 Å². The molecular weight excluding hydrogens is 276 g/mol. The van der Waals surface area contributed by atoms with E-state index >= 15 is 0 Å². The van der Waals surface area contributed by atoms with Crippen molar-refractivity contribution in [3.63, 3.8) is 0 Å². The fraction of sp³-hybridized carbons (Fsp3) is 0.389. The van der Waals surface area contributed by atoms with Crippen LogP contribution in [0.25, 0.3) is 0 Å². The molecule has 1 saturated carbocycles. The second-order valence-electron chi connectivity index (χ2n) is 6.10. The first-order chi connectivity index (χ1) is 10.2. The Morgan fingerprint density at radius 1 is 1.29 bits per heavy atom. The molecule has 1 heterocycles. The minimum atomic E-state index is -0.492. The highest BCUT2D eigenvalue weighted by Crippen LogP contribution is 2.53. The van der Waals surface area contributed by atoms with E-state index in [4.69, 9.17) is 0 Å². The van der Waals surface area contributed by atoms with Gasteiger partial charge in [0.05, 0.1) is 6.07 Å². The van der Waals surface area contributed by atoms with Crippen LogP contribution >= 0.6 is 11.3 Å². The van der Waals surface area contributed by atoms with Crippen LogP contribution in [0.4, 0.5) is 0 Å². The molecule has 1 fully saturated rings. The molecule has 2 aromatic rings. The van der Waals surface area contributed by atoms with E-state index in [1.807, 2.05) is 14.1 Å². The number of thiophene rings is 1. The van der Waals surface area contributed by atoms with Gasteiger partial charge >= 0.3 is 0 Å². The lowest BCUT2D eigenvalue weighted by atomic mass is 9.85. The summed E-state index contributed by atoms with van der Waals surface area (Å²) < 4.78 is 0. The lowest BCUT2D eigenvalue weighted by Gasteiger charge is -2.33. The van der Waals surface area contributed by atoms with E-state index < -0.39 is 5.54 Å². The van der Waals surface area contributed by atoms with Gasteiger partial charge in [0.1, 0.15) is 5.54 Å². The summed E-state index contributed by atoms with van der Waals surface area (Å²) in [5.41, 5.74) is 2.06. The number of hydrogen-bond acceptors (Lipinski definition) is 3. The Morgan fingerprint density at radius 3 is 2.62 bits per heavy atom. The molecule has 1 aliphatic carbocycles. The average Bonchev–Trinajstić information content (AvgIpc) is 3.04. The van der Waals surface area contributed by atoms with Gasteiger partial charge in [0.25, 0.3) is 0 Å². The minimum Gasteiger partial charge on any atom is -0.288 e. The molecule has 3 rings (SSSR count). The molecule has 1 aliphatic rings. The molecule has 3 unspecified atom stereocenters. The van der Waals surface area contributed by atoms with Crippen LogP contribution < -0.4 is 0 Å². The van der Waals surface area contributed by atoms with Crippen molar-refractivity contribution in [2.75, 3.05) is 14.1 Å². The molecular formula is C18H20N2S. The van der Waals surface area contributed by atoms with Crippen LogP contribution in [-0.4, -0.2) is 19.0 Å². The summed E-state index contributed by atoms with van der Waals surface area (Å²) in [6.45, 7) is 0. The van der Waals surface area contributed by atoms with E-state index in [1.165, 1.54) is 12.0 Å². The zero-order valence-corrected chi connectivity index (χ0v) is 13.3. The SMILES string of the molecule is CN(C)C(C#N)(CC1CC1c1ccccc1)c1ccsc1. The summed E-state index contributed by atoms with van der Waals surface area (Å²) in [6.07, 6.45) is 2.11. The molecule has 108 valence electrons. The van der Waals surface area contributed by atoms with E-state index in [0.29, 0.717) is 11.8 Å². The van der Waals surface area contributed by atoms with Gasteiger partial charge in [-0.3, -0.25) is 4.90 Å². The van der Waals surface area contributed by atoms with Crippen molar-refractivity contribution in [2.24, 2.45) is 5.92 Å². The van der Waals surface area contributed by atoms with Crippen molar-refractivity contribution in [1.82, 2.24) is 4.90 Å². The molecule has 0 aliphatic heterocycles. The van der Waals surface area contributed by atoms with Gasteiger partial charge in [-0.1, -0.05) is 30.3 Å². The van der Waals surface area contributed by atoms with Gasteiger partial charge in [0, 0.05) is 0 Å². The molecule has 3 heteroatoms. The maximum atomic E-state index is 9.87. The van der Waals surface area contributed by atoms with Crippen LogP contribution in [0, 0.1) is 17.2 Å². The Kier molecular flexibility index (Phi) is 3.84. The molecule has 21 heavy (non-hydrogen) atoms. The van der Waals surface area contributed by atoms with Crippen molar-refractivity contribution in [2.45, 2.75) is 24.3 Å². The molecule has 3 atom stereocenters. The van der Waals surface area contributed by atoms with E-state index in [-0.39, 0.29) is 0 Å². The first kappa shape index (κ1) is 14.3. The molecule has 2 nitrogen and oxygen atoms in total. The summed E-state index contributed by atoms with van der Waals surface area (Å²) in [7, 11) is 4.03. The van der Waals surface area contributed by atoms with E-state index in [9.17, 15) is 5.26 Å². The van der Waals surface area contributed by atoms with Gasteiger partial charge in [-0.2, -0.15) is 16.6 Å². The lowest BCUT2D eigenvalue weighted by molar-refractivity contribution is 0.194. The smallest absolute Gasteiger partial charge is 0.135 e. The fourth-order valence-corrected chi connectivity index (χ4v) is 3.95. The number of nitriles is 1. The minimum absolute atomic E-state index is 0.492. The Labute approximate surface area is 130 Å². The van der Waals surface area contributed by atoms with Crippen molar-refractivity contribution in [1.29, 1.82) is 5.26 Å². The Bertz CT molecular complexity index is 627. The number of hydrogen-bond donors (Lipinski definition) is 0. The van der Waals surface area contributed by atoms with Crippen LogP contribution in [0.2, 0.25) is 0 Å². The summed E-state index contributed by atoms with van der Waals surface area (Å²) in [5.74, 6) is 1.23. The second-order valence-corrected chi connectivity index (χ2v) is 6.88. The molecule has 0 amide bonds.